The fourth-order valence-electron chi connectivity index (χ4n) is 3.82. The van der Waals surface area contributed by atoms with Crippen molar-refractivity contribution in [3.8, 4) is 5.75 Å². The highest BCUT2D eigenvalue weighted by Crippen LogP contribution is 2.51. The lowest BCUT2D eigenvalue weighted by molar-refractivity contribution is 0.340. The van der Waals surface area contributed by atoms with Gasteiger partial charge < -0.3 is 9.72 Å². The first-order chi connectivity index (χ1) is 13.0. The summed E-state index contributed by atoms with van der Waals surface area (Å²) in [4.78, 5) is 3.69. The molecule has 0 amide bonds. The van der Waals surface area contributed by atoms with E-state index in [1.54, 1.807) is 24.3 Å². The van der Waals surface area contributed by atoms with Crippen LogP contribution in [0.2, 0.25) is 0 Å². The predicted octanol–water partition coefficient (Wildman–Crippen LogP) is 3.89. The van der Waals surface area contributed by atoms with Crippen molar-refractivity contribution in [3.63, 3.8) is 0 Å². The first kappa shape index (κ1) is 18.1. The molecule has 5 nitrogen and oxygen atoms in total. The smallest absolute Gasteiger partial charge is 0.240 e. The fourth-order valence-corrected chi connectivity index (χ4v) is 4.95. The third-order valence-corrected chi connectivity index (χ3v) is 6.74. The van der Waals surface area contributed by atoms with E-state index in [-0.39, 0.29) is 10.3 Å². The van der Waals surface area contributed by atoms with Crippen LogP contribution in [0.15, 0.2) is 53.4 Å². The quantitative estimate of drug-likeness (QED) is 0.649. The lowest BCUT2D eigenvalue weighted by atomic mass is 9.93. The monoisotopic (exact) mass is 384 g/mol. The summed E-state index contributed by atoms with van der Waals surface area (Å²) in [6.45, 7) is 4.92. The number of aromatic amines is 1. The van der Waals surface area contributed by atoms with Gasteiger partial charge in [0.25, 0.3) is 0 Å². The molecule has 0 aliphatic heterocycles. The zero-order valence-corrected chi connectivity index (χ0v) is 16.4. The van der Waals surface area contributed by atoms with Gasteiger partial charge in [0, 0.05) is 28.6 Å². The van der Waals surface area contributed by atoms with Crippen LogP contribution < -0.4 is 9.46 Å². The van der Waals surface area contributed by atoms with Crippen molar-refractivity contribution in [3.05, 3.63) is 59.8 Å². The second kappa shape index (κ2) is 6.69. The van der Waals surface area contributed by atoms with Crippen molar-refractivity contribution in [2.24, 2.45) is 0 Å². The van der Waals surface area contributed by atoms with Gasteiger partial charge in [-0.25, -0.2) is 13.1 Å². The summed E-state index contributed by atoms with van der Waals surface area (Å²) in [5.74, 6) is 0.671. The minimum atomic E-state index is -3.56. The lowest BCUT2D eigenvalue weighted by Crippen LogP contribution is -2.32. The van der Waals surface area contributed by atoms with Gasteiger partial charge in [-0.2, -0.15) is 0 Å². The Hall–Kier alpha value is -2.31. The van der Waals surface area contributed by atoms with Crippen LogP contribution in [0.25, 0.3) is 10.9 Å². The summed E-state index contributed by atoms with van der Waals surface area (Å²) in [7, 11) is -3.56. The van der Waals surface area contributed by atoms with E-state index in [0.29, 0.717) is 18.9 Å². The number of rotatable bonds is 7. The number of sulfonamides is 1. The Kier molecular flexibility index (Phi) is 4.48. The van der Waals surface area contributed by atoms with E-state index in [1.165, 1.54) is 10.9 Å². The Labute approximate surface area is 159 Å². The number of para-hydroxylation sites is 1. The van der Waals surface area contributed by atoms with Crippen LogP contribution in [0.3, 0.4) is 0 Å². The Bertz CT molecular complexity index is 1060. The molecule has 1 fully saturated rings. The van der Waals surface area contributed by atoms with Gasteiger partial charge in [-0.15, -0.1) is 0 Å². The standard InChI is InChI=1S/C21H24N2O3S/c1-3-26-16-8-10-17(11-9-16)27(24,25)22-14-21(12-13-21)20-15(2)23-19-7-5-4-6-18(19)20/h4-11,22-23H,3,12-14H2,1-2H3. The van der Waals surface area contributed by atoms with Crippen LogP contribution >= 0.6 is 0 Å². The van der Waals surface area contributed by atoms with Gasteiger partial charge in [0.15, 0.2) is 0 Å². The largest absolute Gasteiger partial charge is 0.494 e. The molecule has 0 unspecified atom stereocenters. The summed E-state index contributed by atoms with van der Waals surface area (Å²) in [6.07, 6.45) is 1.98. The summed E-state index contributed by atoms with van der Waals surface area (Å²) >= 11 is 0. The van der Waals surface area contributed by atoms with Crippen molar-refractivity contribution in [1.29, 1.82) is 0 Å². The molecule has 1 saturated carbocycles. The van der Waals surface area contributed by atoms with E-state index in [2.05, 4.69) is 28.8 Å². The van der Waals surface area contributed by atoms with Crippen molar-refractivity contribution in [2.45, 2.75) is 37.0 Å². The first-order valence-corrected chi connectivity index (χ1v) is 10.7. The first-order valence-electron chi connectivity index (χ1n) is 9.25. The third kappa shape index (κ3) is 3.35. The lowest BCUT2D eigenvalue weighted by Gasteiger charge is -2.17. The number of aromatic nitrogens is 1. The molecule has 1 heterocycles. The number of hydrogen-bond donors (Lipinski definition) is 2. The van der Waals surface area contributed by atoms with Crippen molar-refractivity contribution in [1.82, 2.24) is 9.71 Å². The molecule has 0 bridgehead atoms. The number of hydrogen-bond acceptors (Lipinski definition) is 3. The van der Waals surface area contributed by atoms with Crippen LogP contribution in [0.1, 0.15) is 31.0 Å². The number of benzene rings is 2. The molecule has 3 aromatic rings. The van der Waals surface area contributed by atoms with E-state index in [4.69, 9.17) is 4.74 Å². The van der Waals surface area contributed by atoms with Crippen molar-refractivity contribution >= 4 is 20.9 Å². The molecule has 6 heteroatoms. The molecule has 1 aromatic heterocycles. The maximum absolute atomic E-state index is 12.7. The summed E-state index contributed by atoms with van der Waals surface area (Å²) < 4.78 is 33.7. The van der Waals surface area contributed by atoms with Crippen LogP contribution in [-0.2, 0) is 15.4 Å². The Morgan fingerprint density at radius 1 is 1.11 bits per heavy atom. The van der Waals surface area contributed by atoms with Crippen LogP contribution in [-0.4, -0.2) is 26.6 Å². The zero-order chi connectivity index (χ0) is 19.1. The molecule has 0 atom stereocenters. The highest BCUT2D eigenvalue weighted by molar-refractivity contribution is 7.89. The summed E-state index contributed by atoms with van der Waals surface area (Å²) in [6, 6.07) is 14.8. The molecule has 0 radical (unpaired) electrons. The van der Waals surface area contributed by atoms with E-state index >= 15 is 0 Å². The average molecular weight is 385 g/mol. The molecule has 4 rings (SSSR count). The SMILES string of the molecule is CCOc1ccc(S(=O)(=O)NCC2(c3c(C)[nH]c4ccccc34)CC2)cc1. The molecular weight excluding hydrogens is 360 g/mol. The number of fused-ring (bicyclic) bond motifs is 1. The Morgan fingerprint density at radius 2 is 1.81 bits per heavy atom. The van der Waals surface area contributed by atoms with Crippen LogP contribution in [0, 0.1) is 6.92 Å². The molecule has 2 N–H and O–H groups in total. The molecule has 27 heavy (non-hydrogen) atoms. The molecular formula is C21H24N2O3S. The van der Waals surface area contributed by atoms with E-state index in [0.717, 1.165) is 24.1 Å². The third-order valence-electron chi connectivity index (χ3n) is 5.32. The molecule has 1 aliphatic rings. The highest BCUT2D eigenvalue weighted by atomic mass is 32.2. The zero-order valence-electron chi connectivity index (χ0n) is 15.6. The maximum Gasteiger partial charge on any atom is 0.240 e. The molecule has 2 aromatic carbocycles. The van der Waals surface area contributed by atoms with E-state index in [9.17, 15) is 8.42 Å². The van der Waals surface area contributed by atoms with Gasteiger partial charge in [-0.05, 0) is 62.6 Å². The average Bonchev–Trinajstić information content (AvgIpc) is 3.36. The number of ether oxygens (including phenoxy) is 1. The predicted molar refractivity (Wildman–Crippen MR) is 107 cm³/mol. The van der Waals surface area contributed by atoms with Gasteiger partial charge in [-0.3, -0.25) is 0 Å². The van der Waals surface area contributed by atoms with Crippen LogP contribution in [0.5, 0.6) is 5.75 Å². The number of aryl methyl sites for hydroxylation is 1. The van der Waals surface area contributed by atoms with Gasteiger partial charge in [-0.1, -0.05) is 18.2 Å². The van der Waals surface area contributed by atoms with E-state index < -0.39 is 10.0 Å². The minimum absolute atomic E-state index is 0.123. The second-order valence-electron chi connectivity index (χ2n) is 7.18. The van der Waals surface area contributed by atoms with Gasteiger partial charge in [0.2, 0.25) is 10.0 Å². The van der Waals surface area contributed by atoms with Crippen molar-refractivity contribution in [2.75, 3.05) is 13.2 Å². The summed E-state index contributed by atoms with van der Waals surface area (Å²) in [5, 5.41) is 1.19. The number of nitrogens with one attached hydrogen (secondary N) is 2. The van der Waals surface area contributed by atoms with E-state index in [1.807, 2.05) is 19.1 Å². The molecule has 0 spiro atoms. The topological polar surface area (TPSA) is 71.2 Å². The molecule has 0 saturated heterocycles. The summed E-state index contributed by atoms with van der Waals surface area (Å²) in [5.41, 5.74) is 3.34. The molecule has 142 valence electrons. The van der Waals surface area contributed by atoms with Crippen molar-refractivity contribution < 1.29 is 13.2 Å². The Balaban J connectivity index is 1.56. The number of H-pyrrole nitrogens is 1. The van der Waals surface area contributed by atoms with Gasteiger partial charge in [0.05, 0.1) is 11.5 Å². The minimum Gasteiger partial charge on any atom is -0.494 e. The highest BCUT2D eigenvalue weighted by Gasteiger charge is 2.47. The Morgan fingerprint density at radius 3 is 2.48 bits per heavy atom. The maximum atomic E-state index is 12.7. The fraction of sp³-hybridized carbons (Fsp3) is 0.333. The van der Waals surface area contributed by atoms with Gasteiger partial charge in [0.1, 0.15) is 5.75 Å². The second-order valence-corrected chi connectivity index (χ2v) is 8.95. The normalized spacial score (nSPS) is 15.8. The van der Waals surface area contributed by atoms with Crippen LogP contribution in [0.4, 0.5) is 0 Å². The van der Waals surface area contributed by atoms with Gasteiger partial charge >= 0.3 is 0 Å². The molecule has 1 aliphatic carbocycles.